The van der Waals surface area contributed by atoms with Gasteiger partial charge in [-0.05, 0) is 13.3 Å². The average Bonchev–Trinajstić information content (AvgIpc) is 2.49. The van der Waals surface area contributed by atoms with E-state index in [1.807, 2.05) is 13.0 Å². The molecule has 0 aromatic heterocycles. The average molecular weight is 184 g/mol. The minimum atomic E-state index is -0.353. The van der Waals surface area contributed by atoms with Gasteiger partial charge in [0.25, 0.3) is 0 Å². The molecular weight excluding hydrogens is 164 g/mol. The number of hydrogen-bond donors (Lipinski definition) is 0. The molecule has 2 unspecified atom stereocenters. The molecule has 2 heteroatoms. The molecule has 76 valence electrons. The molecule has 0 amide bonds. The van der Waals surface area contributed by atoms with E-state index in [9.17, 15) is 0 Å². The zero-order valence-electron chi connectivity index (χ0n) is 8.71. The maximum Gasteiger partial charge on any atom is 0.166 e. The second-order valence-corrected chi connectivity index (χ2v) is 3.79. The van der Waals surface area contributed by atoms with Crippen molar-refractivity contribution in [1.82, 2.24) is 0 Å². The number of unbranched alkanes of at least 4 members (excludes halogenated alkanes) is 2. The Labute approximate surface area is 80.9 Å². The standard InChI is InChI=1S/C11H20O2/c1-4-6-7-8-11(3)12-9-10(5-2)13-11/h5,10H,2,4,6-9H2,1,3H3. The van der Waals surface area contributed by atoms with Crippen LogP contribution in [0.2, 0.25) is 0 Å². The van der Waals surface area contributed by atoms with Crippen LogP contribution in [0.15, 0.2) is 12.7 Å². The van der Waals surface area contributed by atoms with E-state index in [-0.39, 0.29) is 11.9 Å². The van der Waals surface area contributed by atoms with Gasteiger partial charge in [-0.1, -0.05) is 25.8 Å². The van der Waals surface area contributed by atoms with Crippen LogP contribution in [-0.4, -0.2) is 18.5 Å². The Bertz CT molecular complexity index is 167. The van der Waals surface area contributed by atoms with E-state index in [4.69, 9.17) is 9.47 Å². The van der Waals surface area contributed by atoms with Crippen molar-refractivity contribution in [2.45, 2.75) is 51.4 Å². The first kappa shape index (κ1) is 10.7. The molecule has 1 saturated heterocycles. The molecule has 1 aliphatic rings. The lowest BCUT2D eigenvalue weighted by Gasteiger charge is -2.22. The molecule has 1 fully saturated rings. The van der Waals surface area contributed by atoms with E-state index in [0.717, 1.165) is 6.42 Å². The first-order valence-corrected chi connectivity index (χ1v) is 5.14. The van der Waals surface area contributed by atoms with Gasteiger partial charge in [0.1, 0.15) is 6.10 Å². The maximum absolute atomic E-state index is 5.70. The van der Waals surface area contributed by atoms with Crippen LogP contribution in [0.4, 0.5) is 0 Å². The van der Waals surface area contributed by atoms with E-state index < -0.39 is 0 Å². The molecular formula is C11H20O2. The normalized spacial score (nSPS) is 33.5. The van der Waals surface area contributed by atoms with Crippen molar-refractivity contribution >= 4 is 0 Å². The van der Waals surface area contributed by atoms with Gasteiger partial charge in [-0.15, -0.1) is 6.58 Å². The van der Waals surface area contributed by atoms with Gasteiger partial charge in [0, 0.05) is 6.42 Å². The topological polar surface area (TPSA) is 18.5 Å². The number of ether oxygens (including phenoxy) is 2. The summed E-state index contributed by atoms with van der Waals surface area (Å²) in [5, 5.41) is 0. The van der Waals surface area contributed by atoms with E-state index in [1.54, 1.807) is 0 Å². The lowest BCUT2D eigenvalue weighted by atomic mass is 10.1. The molecule has 1 aliphatic heterocycles. The zero-order valence-corrected chi connectivity index (χ0v) is 8.71. The van der Waals surface area contributed by atoms with Gasteiger partial charge >= 0.3 is 0 Å². The van der Waals surface area contributed by atoms with Crippen LogP contribution in [0.25, 0.3) is 0 Å². The van der Waals surface area contributed by atoms with Gasteiger partial charge in [0.15, 0.2) is 5.79 Å². The summed E-state index contributed by atoms with van der Waals surface area (Å²) in [5.74, 6) is -0.353. The second-order valence-electron chi connectivity index (χ2n) is 3.79. The fraction of sp³-hybridized carbons (Fsp3) is 0.818. The van der Waals surface area contributed by atoms with Gasteiger partial charge in [0.2, 0.25) is 0 Å². The summed E-state index contributed by atoms with van der Waals surface area (Å²) < 4.78 is 11.3. The lowest BCUT2D eigenvalue weighted by Crippen LogP contribution is -2.26. The summed E-state index contributed by atoms with van der Waals surface area (Å²) in [6, 6.07) is 0. The molecule has 0 saturated carbocycles. The van der Waals surface area contributed by atoms with Crippen LogP contribution in [-0.2, 0) is 9.47 Å². The van der Waals surface area contributed by atoms with Crippen LogP contribution in [0, 0.1) is 0 Å². The maximum atomic E-state index is 5.70. The Morgan fingerprint density at radius 2 is 2.31 bits per heavy atom. The van der Waals surface area contributed by atoms with Crippen LogP contribution in [0.5, 0.6) is 0 Å². The molecule has 0 bridgehead atoms. The van der Waals surface area contributed by atoms with Crippen molar-refractivity contribution in [3.05, 3.63) is 12.7 Å². The van der Waals surface area contributed by atoms with E-state index in [2.05, 4.69) is 13.5 Å². The summed E-state index contributed by atoms with van der Waals surface area (Å²) >= 11 is 0. The molecule has 0 aliphatic carbocycles. The molecule has 1 heterocycles. The fourth-order valence-electron chi connectivity index (χ4n) is 1.59. The van der Waals surface area contributed by atoms with Crippen molar-refractivity contribution in [3.63, 3.8) is 0 Å². The Balaban J connectivity index is 2.27. The highest BCUT2D eigenvalue weighted by atomic mass is 16.7. The molecule has 1 rings (SSSR count). The summed E-state index contributed by atoms with van der Waals surface area (Å²) in [6.07, 6.45) is 6.56. The first-order chi connectivity index (χ1) is 6.20. The van der Waals surface area contributed by atoms with Crippen molar-refractivity contribution < 1.29 is 9.47 Å². The van der Waals surface area contributed by atoms with Crippen molar-refractivity contribution in [3.8, 4) is 0 Å². The Hall–Kier alpha value is -0.340. The van der Waals surface area contributed by atoms with Crippen LogP contribution in [0.1, 0.15) is 39.5 Å². The minimum absolute atomic E-state index is 0.0895. The molecule has 0 radical (unpaired) electrons. The van der Waals surface area contributed by atoms with Crippen LogP contribution >= 0.6 is 0 Å². The highest BCUT2D eigenvalue weighted by Gasteiger charge is 2.34. The SMILES string of the molecule is C=CC1COC(C)(CCCCC)O1. The van der Waals surface area contributed by atoms with Gasteiger partial charge in [0.05, 0.1) is 6.61 Å². The highest BCUT2D eigenvalue weighted by molar-refractivity contribution is 4.86. The third-order valence-electron chi connectivity index (χ3n) is 2.45. The number of hydrogen-bond acceptors (Lipinski definition) is 2. The van der Waals surface area contributed by atoms with E-state index in [1.165, 1.54) is 19.3 Å². The zero-order chi connectivity index (χ0) is 9.73. The molecule has 0 N–H and O–H groups in total. The Morgan fingerprint density at radius 3 is 2.85 bits per heavy atom. The summed E-state index contributed by atoms with van der Waals surface area (Å²) in [6.45, 7) is 8.58. The minimum Gasteiger partial charge on any atom is -0.347 e. The summed E-state index contributed by atoms with van der Waals surface area (Å²) in [5.41, 5.74) is 0. The van der Waals surface area contributed by atoms with Gasteiger partial charge in [-0.2, -0.15) is 0 Å². The first-order valence-electron chi connectivity index (χ1n) is 5.14. The highest BCUT2D eigenvalue weighted by Crippen LogP contribution is 2.28. The fourth-order valence-corrected chi connectivity index (χ4v) is 1.59. The molecule has 0 aromatic rings. The third kappa shape index (κ3) is 3.12. The number of rotatable bonds is 5. The third-order valence-corrected chi connectivity index (χ3v) is 2.45. The van der Waals surface area contributed by atoms with E-state index in [0.29, 0.717) is 6.61 Å². The smallest absolute Gasteiger partial charge is 0.166 e. The van der Waals surface area contributed by atoms with Crippen molar-refractivity contribution in [1.29, 1.82) is 0 Å². The van der Waals surface area contributed by atoms with Gasteiger partial charge < -0.3 is 9.47 Å². The molecule has 2 atom stereocenters. The molecule has 13 heavy (non-hydrogen) atoms. The van der Waals surface area contributed by atoms with Crippen molar-refractivity contribution in [2.75, 3.05) is 6.61 Å². The molecule has 2 nitrogen and oxygen atoms in total. The monoisotopic (exact) mass is 184 g/mol. The van der Waals surface area contributed by atoms with E-state index >= 15 is 0 Å². The predicted molar refractivity (Wildman–Crippen MR) is 53.6 cm³/mol. The van der Waals surface area contributed by atoms with Crippen LogP contribution < -0.4 is 0 Å². The Kier molecular flexibility index (Phi) is 3.94. The summed E-state index contributed by atoms with van der Waals surface area (Å²) in [7, 11) is 0. The van der Waals surface area contributed by atoms with Gasteiger partial charge in [-0.3, -0.25) is 0 Å². The second kappa shape index (κ2) is 4.77. The molecule has 0 spiro atoms. The summed E-state index contributed by atoms with van der Waals surface area (Å²) in [4.78, 5) is 0. The molecule has 0 aromatic carbocycles. The predicted octanol–water partition coefficient (Wildman–Crippen LogP) is 2.88. The Morgan fingerprint density at radius 1 is 1.54 bits per heavy atom. The largest absolute Gasteiger partial charge is 0.347 e. The van der Waals surface area contributed by atoms with Gasteiger partial charge in [-0.25, -0.2) is 0 Å². The lowest BCUT2D eigenvalue weighted by molar-refractivity contribution is -0.154. The van der Waals surface area contributed by atoms with Crippen LogP contribution in [0.3, 0.4) is 0 Å². The quantitative estimate of drug-likeness (QED) is 0.483. The van der Waals surface area contributed by atoms with Crippen molar-refractivity contribution in [2.24, 2.45) is 0 Å².